The minimum Gasteiger partial charge on any atom is -0.481 e. The molecule has 2 fully saturated rings. The van der Waals surface area contributed by atoms with Crippen LogP contribution in [0.5, 0.6) is 0 Å². The van der Waals surface area contributed by atoms with E-state index in [0.29, 0.717) is 12.5 Å². The highest BCUT2D eigenvalue weighted by Gasteiger charge is 2.65. The number of aliphatic carboxylic acids is 1. The number of hydrogen-bond acceptors (Lipinski definition) is 3. The summed E-state index contributed by atoms with van der Waals surface area (Å²) in [4.78, 5) is 22.9. The summed E-state index contributed by atoms with van der Waals surface area (Å²) in [5, 5.41) is 21.2. The highest BCUT2D eigenvalue weighted by molar-refractivity contribution is 5.91. The summed E-state index contributed by atoms with van der Waals surface area (Å²) in [6.45, 7) is 4.18. The van der Waals surface area contributed by atoms with Gasteiger partial charge in [0, 0.05) is 6.54 Å². The van der Waals surface area contributed by atoms with Crippen molar-refractivity contribution >= 4 is 11.9 Å². The molecule has 0 spiro atoms. The molecular weight excluding hydrogens is 234 g/mol. The van der Waals surface area contributed by atoms with E-state index in [4.69, 9.17) is 5.11 Å². The maximum absolute atomic E-state index is 11.9. The van der Waals surface area contributed by atoms with E-state index in [1.54, 1.807) is 0 Å². The van der Waals surface area contributed by atoms with E-state index in [-0.39, 0.29) is 12.0 Å². The van der Waals surface area contributed by atoms with Crippen LogP contribution in [0.15, 0.2) is 0 Å². The lowest BCUT2D eigenvalue weighted by atomic mass is 10.1. The Morgan fingerprint density at radius 3 is 2.39 bits per heavy atom. The summed E-state index contributed by atoms with van der Waals surface area (Å²) in [6.07, 6.45) is 2.22. The van der Waals surface area contributed by atoms with Gasteiger partial charge in [-0.05, 0) is 30.6 Å². The van der Waals surface area contributed by atoms with Crippen LogP contribution >= 0.6 is 0 Å². The number of carboxylic acids is 1. The molecule has 2 rings (SSSR count). The average Bonchev–Trinajstić information content (AvgIpc) is 2.63. The van der Waals surface area contributed by atoms with Gasteiger partial charge >= 0.3 is 5.97 Å². The third kappa shape index (κ3) is 2.36. The Bertz CT molecular complexity index is 366. The number of aliphatic hydroxyl groups excluding tert-OH is 1. The first-order valence-corrected chi connectivity index (χ1v) is 6.52. The topological polar surface area (TPSA) is 86.6 Å². The number of carboxylic acid groups (broad SMARTS) is 1. The molecule has 0 aromatic carbocycles. The lowest BCUT2D eigenvalue weighted by molar-refractivity contribution is -0.140. The van der Waals surface area contributed by atoms with Crippen LogP contribution in [0.2, 0.25) is 0 Å². The molecule has 5 heteroatoms. The zero-order valence-corrected chi connectivity index (χ0v) is 10.8. The Morgan fingerprint density at radius 1 is 1.28 bits per heavy atom. The minimum absolute atomic E-state index is 0.159. The predicted molar refractivity (Wildman–Crippen MR) is 64.8 cm³/mol. The van der Waals surface area contributed by atoms with E-state index in [9.17, 15) is 14.7 Å². The smallest absolute Gasteiger partial charge is 0.307 e. The van der Waals surface area contributed by atoms with Gasteiger partial charge in [0.1, 0.15) is 0 Å². The fraction of sp³-hybridized carbons (Fsp3) is 0.846. The average molecular weight is 255 g/mol. The van der Waals surface area contributed by atoms with Crippen molar-refractivity contribution in [1.29, 1.82) is 0 Å². The fourth-order valence-electron chi connectivity index (χ4n) is 3.18. The molecule has 102 valence electrons. The van der Waals surface area contributed by atoms with Crippen molar-refractivity contribution in [3.63, 3.8) is 0 Å². The maximum atomic E-state index is 11.9. The van der Waals surface area contributed by atoms with Crippen molar-refractivity contribution in [3.05, 3.63) is 0 Å². The summed E-state index contributed by atoms with van der Waals surface area (Å²) in [5.41, 5.74) is -0.439. The van der Waals surface area contributed by atoms with Crippen molar-refractivity contribution in [2.45, 2.75) is 39.2 Å². The predicted octanol–water partition coefficient (Wildman–Crippen LogP) is 0.620. The van der Waals surface area contributed by atoms with Gasteiger partial charge in [0.25, 0.3) is 0 Å². The van der Waals surface area contributed by atoms with Crippen LogP contribution < -0.4 is 5.32 Å². The quantitative estimate of drug-likeness (QED) is 0.687. The third-order valence-electron chi connectivity index (χ3n) is 4.45. The number of carbonyl (C=O) groups is 2. The summed E-state index contributed by atoms with van der Waals surface area (Å²) >= 11 is 0. The maximum Gasteiger partial charge on any atom is 0.307 e. The SMILES string of the molecule is CC1(C)[C@H](C(=O)O)[C@@H]1C(=O)NCC1CCC(O)C1. The molecule has 0 aromatic rings. The molecule has 5 nitrogen and oxygen atoms in total. The zero-order chi connectivity index (χ0) is 13.5. The van der Waals surface area contributed by atoms with Crippen LogP contribution in [0.4, 0.5) is 0 Å². The number of nitrogens with one attached hydrogen (secondary N) is 1. The summed E-state index contributed by atoms with van der Waals surface area (Å²) in [7, 11) is 0. The third-order valence-corrected chi connectivity index (χ3v) is 4.45. The first-order valence-electron chi connectivity index (χ1n) is 6.52. The number of carbonyl (C=O) groups excluding carboxylic acids is 1. The largest absolute Gasteiger partial charge is 0.481 e. The molecule has 3 N–H and O–H groups in total. The molecule has 0 heterocycles. The fourth-order valence-corrected chi connectivity index (χ4v) is 3.18. The summed E-state index contributed by atoms with van der Waals surface area (Å²) in [6, 6.07) is 0. The summed E-state index contributed by atoms with van der Waals surface area (Å²) in [5.74, 6) is -1.70. The molecule has 0 bridgehead atoms. The van der Waals surface area contributed by atoms with Crippen LogP contribution in [-0.4, -0.2) is 34.7 Å². The molecule has 2 aliphatic rings. The van der Waals surface area contributed by atoms with E-state index in [1.165, 1.54) is 0 Å². The van der Waals surface area contributed by atoms with Crippen LogP contribution in [0.25, 0.3) is 0 Å². The molecule has 0 radical (unpaired) electrons. The Kier molecular flexibility index (Phi) is 3.36. The van der Waals surface area contributed by atoms with E-state index in [2.05, 4.69) is 5.32 Å². The van der Waals surface area contributed by atoms with E-state index >= 15 is 0 Å². The van der Waals surface area contributed by atoms with E-state index < -0.39 is 23.2 Å². The van der Waals surface area contributed by atoms with Crippen LogP contribution in [0.3, 0.4) is 0 Å². The van der Waals surface area contributed by atoms with Crippen molar-refractivity contribution in [2.75, 3.05) is 6.54 Å². The Labute approximate surface area is 107 Å². The van der Waals surface area contributed by atoms with Crippen LogP contribution in [0.1, 0.15) is 33.1 Å². The second-order valence-electron chi connectivity index (χ2n) is 6.19. The van der Waals surface area contributed by atoms with Crippen molar-refractivity contribution < 1.29 is 19.8 Å². The van der Waals surface area contributed by atoms with Gasteiger partial charge in [0.2, 0.25) is 5.91 Å². The molecule has 0 aliphatic heterocycles. The molecule has 2 aliphatic carbocycles. The number of amides is 1. The van der Waals surface area contributed by atoms with Gasteiger partial charge in [0.15, 0.2) is 0 Å². The van der Waals surface area contributed by atoms with Gasteiger partial charge in [-0.1, -0.05) is 13.8 Å². The Hall–Kier alpha value is -1.10. The monoisotopic (exact) mass is 255 g/mol. The highest BCUT2D eigenvalue weighted by atomic mass is 16.4. The lowest BCUT2D eigenvalue weighted by Gasteiger charge is -2.11. The Morgan fingerprint density at radius 2 is 1.94 bits per heavy atom. The van der Waals surface area contributed by atoms with Gasteiger partial charge in [-0.25, -0.2) is 0 Å². The van der Waals surface area contributed by atoms with E-state index in [1.807, 2.05) is 13.8 Å². The van der Waals surface area contributed by atoms with Crippen LogP contribution in [0, 0.1) is 23.2 Å². The highest BCUT2D eigenvalue weighted by Crippen LogP contribution is 2.58. The lowest BCUT2D eigenvalue weighted by Crippen LogP contribution is -2.31. The Balaban J connectivity index is 1.81. The molecule has 2 unspecified atom stereocenters. The van der Waals surface area contributed by atoms with Gasteiger partial charge in [-0.2, -0.15) is 0 Å². The van der Waals surface area contributed by atoms with Crippen LogP contribution in [-0.2, 0) is 9.59 Å². The molecule has 0 aromatic heterocycles. The first-order chi connectivity index (χ1) is 8.34. The second kappa shape index (κ2) is 4.53. The van der Waals surface area contributed by atoms with Gasteiger partial charge < -0.3 is 15.5 Å². The number of rotatable bonds is 4. The zero-order valence-electron chi connectivity index (χ0n) is 10.8. The van der Waals surface area contributed by atoms with E-state index in [0.717, 1.165) is 19.3 Å². The van der Waals surface area contributed by atoms with Crippen molar-refractivity contribution in [1.82, 2.24) is 5.32 Å². The molecular formula is C13H21NO4. The van der Waals surface area contributed by atoms with Crippen molar-refractivity contribution in [3.8, 4) is 0 Å². The van der Waals surface area contributed by atoms with Gasteiger partial charge in [-0.15, -0.1) is 0 Å². The molecule has 0 saturated heterocycles. The second-order valence-corrected chi connectivity index (χ2v) is 6.19. The van der Waals surface area contributed by atoms with Crippen molar-refractivity contribution in [2.24, 2.45) is 23.2 Å². The molecule has 4 atom stereocenters. The summed E-state index contributed by atoms with van der Waals surface area (Å²) < 4.78 is 0. The number of hydrogen-bond donors (Lipinski definition) is 3. The standard InChI is InChI=1S/C13H21NO4/c1-13(2)9(10(13)12(17)18)11(16)14-6-7-3-4-8(15)5-7/h7-10,15H,3-6H2,1-2H3,(H,14,16)(H,17,18)/t7?,8?,9-,10+/m1/s1. The molecule has 18 heavy (non-hydrogen) atoms. The first kappa shape index (κ1) is 13.3. The minimum atomic E-state index is -0.892. The number of aliphatic hydroxyl groups is 1. The molecule has 2 saturated carbocycles. The molecule has 1 amide bonds. The normalized spacial score (nSPS) is 37.3. The van der Waals surface area contributed by atoms with Gasteiger partial charge in [0.05, 0.1) is 17.9 Å². The van der Waals surface area contributed by atoms with Gasteiger partial charge in [-0.3, -0.25) is 9.59 Å².